The van der Waals surface area contributed by atoms with Crippen LogP contribution in [0.5, 0.6) is 0 Å². The SMILES string of the molecule is CC(C)(C)OC(=O)NCCN1CCN(C2C(C=O)c3ccccc3N2c2ccccc2)CC1. The van der Waals surface area contributed by atoms with Crippen LogP contribution in [-0.4, -0.2) is 73.2 Å². The molecule has 0 saturated carbocycles. The summed E-state index contributed by atoms with van der Waals surface area (Å²) in [6.07, 6.45) is 0.686. The predicted octanol–water partition coefficient (Wildman–Crippen LogP) is 3.59. The van der Waals surface area contributed by atoms with Crippen LogP contribution in [0.4, 0.5) is 16.2 Å². The van der Waals surface area contributed by atoms with Crippen LogP contribution in [-0.2, 0) is 9.53 Å². The highest BCUT2D eigenvalue weighted by atomic mass is 16.6. The van der Waals surface area contributed by atoms with E-state index in [0.717, 1.165) is 55.9 Å². The molecule has 0 radical (unpaired) electrons. The minimum Gasteiger partial charge on any atom is -0.444 e. The number of aldehydes is 1. The van der Waals surface area contributed by atoms with Crippen molar-refractivity contribution in [3.8, 4) is 0 Å². The van der Waals surface area contributed by atoms with Gasteiger partial charge in [0.25, 0.3) is 0 Å². The summed E-state index contributed by atoms with van der Waals surface area (Å²) in [7, 11) is 0. The van der Waals surface area contributed by atoms with Gasteiger partial charge in [-0.1, -0.05) is 36.4 Å². The maximum absolute atomic E-state index is 12.3. The molecule has 0 spiro atoms. The van der Waals surface area contributed by atoms with E-state index in [0.29, 0.717) is 6.54 Å². The van der Waals surface area contributed by atoms with Crippen molar-refractivity contribution >= 4 is 23.8 Å². The van der Waals surface area contributed by atoms with E-state index in [2.05, 4.69) is 44.3 Å². The van der Waals surface area contributed by atoms with E-state index in [-0.39, 0.29) is 18.2 Å². The van der Waals surface area contributed by atoms with E-state index in [1.807, 2.05) is 51.1 Å². The first-order valence-corrected chi connectivity index (χ1v) is 11.7. The Kier molecular flexibility index (Phi) is 7.00. The third kappa shape index (κ3) is 5.37. The number of hydrogen-bond donors (Lipinski definition) is 1. The van der Waals surface area contributed by atoms with Crippen molar-refractivity contribution in [1.29, 1.82) is 0 Å². The zero-order valence-corrected chi connectivity index (χ0v) is 19.7. The van der Waals surface area contributed by atoms with Crippen LogP contribution in [0.15, 0.2) is 54.6 Å². The van der Waals surface area contributed by atoms with Gasteiger partial charge in [0.1, 0.15) is 18.1 Å². The number of ether oxygens (including phenoxy) is 1. The average Bonchev–Trinajstić information content (AvgIpc) is 3.13. The molecule has 2 heterocycles. The molecule has 2 aliphatic rings. The number of amides is 1. The van der Waals surface area contributed by atoms with Crippen LogP contribution in [0, 0.1) is 0 Å². The molecule has 2 aromatic rings. The molecule has 1 fully saturated rings. The number of hydrogen-bond acceptors (Lipinski definition) is 6. The lowest BCUT2D eigenvalue weighted by atomic mass is 9.99. The Labute approximate surface area is 196 Å². The predicted molar refractivity (Wildman–Crippen MR) is 130 cm³/mol. The summed E-state index contributed by atoms with van der Waals surface area (Å²) in [6.45, 7) is 10.4. The number of piperazine rings is 1. The maximum atomic E-state index is 12.3. The summed E-state index contributed by atoms with van der Waals surface area (Å²) in [5, 5.41) is 2.84. The van der Waals surface area contributed by atoms with Crippen molar-refractivity contribution in [3.63, 3.8) is 0 Å². The number of anilines is 2. The second kappa shape index (κ2) is 9.93. The molecule has 0 aromatic heterocycles. The Hall–Kier alpha value is -2.90. The molecular formula is C26H34N4O3. The van der Waals surface area contributed by atoms with E-state index < -0.39 is 5.60 Å². The minimum atomic E-state index is -0.492. The molecule has 0 bridgehead atoms. The quantitative estimate of drug-likeness (QED) is 0.679. The Bertz CT molecular complexity index is 952. The molecule has 7 heteroatoms. The third-order valence-electron chi connectivity index (χ3n) is 6.20. The topological polar surface area (TPSA) is 65.1 Å². The number of nitrogens with one attached hydrogen (secondary N) is 1. The number of carbonyl (C=O) groups excluding carboxylic acids is 2. The summed E-state index contributed by atoms with van der Waals surface area (Å²) in [4.78, 5) is 31.2. The zero-order chi connectivity index (χ0) is 23.4. The Morgan fingerprint density at radius 1 is 1.03 bits per heavy atom. The highest BCUT2D eigenvalue weighted by Gasteiger charge is 2.43. The van der Waals surface area contributed by atoms with Gasteiger partial charge in [-0.05, 0) is 44.5 Å². The summed E-state index contributed by atoms with van der Waals surface area (Å²) >= 11 is 0. The zero-order valence-electron chi connectivity index (χ0n) is 19.7. The molecule has 1 N–H and O–H groups in total. The molecule has 1 saturated heterocycles. The van der Waals surface area contributed by atoms with Gasteiger partial charge in [-0.15, -0.1) is 0 Å². The van der Waals surface area contributed by atoms with Crippen molar-refractivity contribution in [2.24, 2.45) is 0 Å². The fraction of sp³-hybridized carbons (Fsp3) is 0.462. The number of fused-ring (bicyclic) bond motifs is 1. The van der Waals surface area contributed by atoms with E-state index >= 15 is 0 Å². The highest BCUT2D eigenvalue weighted by Crippen LogP contribution is 2.45. The van der Waals surface area contributed by atoms with Crippen molar-refractivity contribution in [2.75, 3.05) is 44.2 Å². The summed E-state index contributed by atoms with van der Waals surface area (Å²) < 4.78 is 5.31. The van der Waals surface area contributed by atoms with Crippen LogP contribution >= 0.6 is 0 Å². The largest absolute Gasteiger partial charge is 0.444 e. The molecular weight excluding hydrogens is 416 g/mol. The monoisotopic (exact) mass is 450 g/mol. The number of para-hydroxylation sites is 2. The van der Waals surface area contributed by atoms with Crippen LogP contribution in [0.25, 0.3) is 0 Å². The third-order valence-corrected chi connectivity index (χ3v) is 6.20. The van der Waals surface area contributed by atoms with Gasteiger partial charge in [0.2, 0.25) is 0 Å². The van der Waals surface area contributed by atoms with Crippen molar-refractivity contribution in [3.05, 3.63) is 60.2 Å². The lowest BCUT2D eigenvalue weighted by molar-refractivity contribution is -0.110. The molecule has 2 aliphatic heterocycles. The van der Waals surface area contributed by atoms with Crippen LogP contribution in [0.1, 0.15) is 32.3 Å². The molecule has 2 aromatic carbocycles. The first kappa shape index (κ1) is 23.3. The van der Waals surface area contributed by atoms with Gasteiger partial charge in [0, 0.05) is 50.6 Å². The standard InChI is InChI=1S/C26H34N4O3/c1-26(2,3)33-25(32)27-13-14-28-15-17-29(18-16-28)24-22(19-31)21-11-7-8-12-23(21)30(24)20-9-5-4-6-10-20/h4-12,19,22,24H,13-18H2,1-3H3,(H,27,32). The van der Waals surface area contributed by atoms with Gasteiger partial charge in [-0.25, -0.2) is 4.79 Å². The molecule has 4 rings (SSSR count). The summed E-state index contributed by atoms with van der Waals surface area (Å²) in [6, 6.07) is 18.5. The van der Waals surface area contributed by atoms with Gasteiger partial charge in [0.15, 0.2) is 0 Å². The minimum absolute atomic E-state index is 0.0376. The normalized spacial score (nSPS) is 21.5. The fourth-order valence-electron chi connectivity index (χ4n) is 4.75. The van der Waals surface area contributed by atoms with Crippen LogP contribution in [0.2, 0.25) is 0 Å². The molecule has 1 amide bonds. The highest BCUT2D eigenvalue weighted by molar-refractivity contribution is 5.81. The van der Waals surface area contributed by atoms with Gasteiger partial charge in [0.05, 0.1) is 5.92 Å². The smallest absolute Gasteiger partial charge is 0.407 e. The Morgan fingerprint density at radius 2 is 1.70 bits per heavy atom. The van der Waals surface area contributed by atoms with Crippen LogP contribution < -0.4 is 10.2 Å². The van der Waals surface area contributed by atoms with E-state index in [1.54, 1.807) is 0 Å². The average molecular weight is 451 g/mol. The lowest BCUT2D eigenvalue weighted by Gasteiger charge is -2.43. The van der Waals surface area contributed by atoms with Crippen molar-refractivity contribution < 1.29 is 14.3 Å². The molecule has 7 nitrogen and oxygen atoms in total. The van der Waals surface area contributed by atoms with Crippen molar-refractivity contribution in [2.45, 2.75) is 38.5 Å². The number of rotatable bonds is 6. The lowest BCUT2D eigenvalue weighted by Crippen LogP contribution is -2.56. The van der Waals surface area contributed by atoms with E-state index in [1.165, 1.54) is 0 Å². The second-order valence-electron chi connectivity index (χ2n) is 9.65. The summed E-state index contributed by atoms with van der Waals surface area (Å²) in [5.74, 6) is -0.193. The van der Waals surface area contributed by atoms with E-state index in [4.69, 9.17) is 4.74 Å². The summed E-state index contributed by atoms with van der Waals surface area (Å²) in [5.41, 5.74) is 2.80. The van der Waals surface area contributed by atoms with Crippen LogP contribution in [0.3, 0.4) is 0 Å². The molecule has 33 heavy (non-hydrogen) atoms. The maximum Gasteiger partial charge on any atom is 0.407 e. The first-order chi connectivity index (χ1) is 15.9. The molecule has 176 valence electrons. The number of benzene rings is 2. The van der Waals surface area contributed by atoms with Gasteiger partial charge >= 0.3 is 6.09 Å². The number of nitrogens with zero attached hydrogens (tertiary/aromatic N) is 3. The van der Waals surface area contributed by atoms with Crippen molar-refractivity contribution in [1.82, 2.24) is 15.1 Å². The van der Waals surface area contributed by atoms with Gasteiger partial charge in [-0.2, -0.15) is 0 Å². The Balaban J connectivity index is 1.40. The Morgan fingerprint density at radius 3 is 2.36 bits per heavy atom. The molecule has 0 aliphatic carbocycles. The first-order valence-electron chi connectivity index (χ1n) is 11.7. The van der Waals surface area contributed by atoms with E-state index in [9.17, 15) is 9.59 Å². The molecule has 2 unspecified atom stereocenters. The van der Waals surface area contributed by atoms with Gasteiger partial charge < -0.3 is 19.7 Å². The number of carbonyl (C=O) groups is 2. The second-order valence-corrected chi connectivity index (χ2v) is 9.65. The van der Waals surface area contributed by atoms with Gasteiger partial charge in [-0.3, -0.25) is 9.80 Å². The molecule has 2 atom stereocenters. The fourth-order valence-corrected chi connectivity index (χ4v) is 4.75. The number of alkyl carbamates (subject to hydrolysis) is 1.